The lowest BCUT2D eigenvalue weighted by Crippen LogP contribution is -2.46. The Kier molecular flexibility index (Phi) is 10.4. The smallest absolute Gasteiger partial charge is 0.273 e. The molecule has 0 radical (unpaired) electrons. The number of anilines is 1. The number of aryl methyl sites for hydroxylation is 2. The Morgan fingerprint density at radius 3 is 2.45 bits per heavy atom. The molecule has 0 atom stereocenters. The van der Waals surface area contributed by atoms with Crippen molar-refractivity contribution in [3.8, 4) is 0 Å². The van der Waals surface area contributed by atoms with Gasteiger partial charge >= 0.3 is 0 Å². The summed E-state index contributed by atoms with van der Waals surface area (Å²) in [7, 11) is 0. The Morgan fingerprint density at radius 1 is 0.905 bits per heavy atom. The number of rotatable bonds is 8. The van der Waals surface area contributed by atoms with E-state index in [1.807, 2.05) is 49.4 Å². The maximum Gasteiger partial charge on any atom is 0.273 e. The van der Waals surface area contributed by atoms with E-state index in [9.17, 15) is 9.59 Å². The molecule has 2 amide bonds. The Bertz CT molecular complexity index is 1440. The summed E-state index contributed by atoms with van der Waals surface area (Å²) in [6, 6.07) is 19.9. The number of piperidine rings is 2. The van der Waals surface area contributed by atoms with Gasteiger partial charge in [-0.3, -0.25) is 14.5 Å². The van der Waals surface area contributed by atoms with E-state index < -0.39 is 0 Å². The van der Waals surface area contributed by atoms with Crippen LogP contribution in [0.4, 0.5) is 5.69 Å². The molecule has 3 aromatic carbocycles. The number of amides is 2. The summed E-state index contributed by atoms with van der Waals surface area (Å²) in [5, 5.41) is 7.10. The summed E-state index contributed by atoms with van der Waals surface area (Å²) < 4.78 is 0.889. The predicted octanol–water partition coefficient (Wildman–Crippen LogP) is 6.37. The van der Waals surface area contributed by atoms with Crippen molar-refractivity contribution in [2.45, 2.75) is 58.5 Å². The first-order chi connectivity index (χ1) is 20.4. The quantitative estimate of drug-likeness (QED) is 0.165. The third-order valence-corrected chi connectivity index (χ3v) is 9.12. The average Bonchev–Trinajstić information content (AvgIpc) is 3.00. The summed E-state index contributed by atoms with van der Waals surface area (Å²) in [5.41, 5.74) is 8.39. The number of carbonyl (C=O) groups excluding carboxylic acids is 2. The van der Waals surface area contributed by atoms with Gasteiger partial charge in [0, 0.05) is 21.7 Å². The first-order valence-corrected chi connectivity index (χ1v) is 16.0. The van der Waals surface area contributed by atoms with E-state index in [1.165, 1.54) is 50.8 Å². The molecule has 8 heteroatoms. The van der Waals surface area contributed by atoms with Gasteiger partial charge in [0.25, 0.3) is 11.8 Å². The highest BCUT2D eigenvalue weighted by Crippen LogP contribution is 2.23. The third-order valence-electron chi connectivity index (χ3n) is 8.44. The van der Waals surface area contributed by atoms with Crippen LogP contribution in [0, 0.1) is 17.4 Å². The molecule has 5 rings (SSSR count). The largest absolute Gasteiger partial charge is 0.321 e. The molecule has 0 aromatic heterocycles. The van der Waals surface area contributed by atoms with Gasteiger partial charge in [0.15, 0.2) is 0 Å². The van der Waals surface area contributed by atoms with Crippen LogP contribution in [-0.2, 0) is 6.54 Å². The van der Waals surface area contributed by atoms with Crippen molar-refractivity contribution >= 4 is 46.3 Å². The van der Waals surface area contributed by atoms with Crippen molar-refractivity contribution in [1.29, 1.82) is 0 Å². The van der Waals surface area contributed by atoms with Crippen molar-refractivity contribution in [2.24, 2.45) is 5.10 Å². The van der Waals surface area contributed by atoms with E-state index in [4.69, 9.17) is 0 Å². The van der Waals surface area contributed by atoms with Crippen LogP contribution < -0.4 is 10.7 Å². The van der Waals surface area contributed by atoms with E-state index in [2.05, 4.69) is 61.2 Å². The van der Waals surface area contributed by atoms with Gasteiger partial charge in [0.1, 0.15) is 0 Å². The molecule has 2 aliphatic heterocycles. The highest BCUT2D eigenvalue weighted by Gasteiger charge is 2.25. The van der Waals surface area contributed by atoms with Crippen molar-refractivity contribution in [1.82, 2.24) is 15.2 Å². The second kappa shape index (κ2) is 14.4. The minimum Gasteiger partial charge on any atom is -0.321 e. The fourth-order valence-electron chi connectivity index (χ4n) is 5.87. The number of likely N-dealkylation sites (tertiary alicyclic amines) is 2. The van der Waals surface area contributed by atoms with Crippen LogP contribution in [0.3, 0.4) is 0 Å². The molecule has 0 bridgehead atoms. The number of hydrogen-bond donors (Lipinski definition) is 2. The van der Waals surface area contributed by atoms with E-state index >= 15 is 0 Å². The van der Waals surface area contributed by atoms with E-state index in [1.54, 1.807) is 18.3 Å². The number of nitrogens with one attached hydrogen (secondary N) is 2. The summed E-state index contributed by atoms with van der Waals surface area (Å²) in [5.74, 6) is -0.625. The van der Waals surface area contributed by atoms with Gasteiger partial charge in [-0.25, -0.2) is 5.43 Å². The van der Waals surface area contributed by atoms with Crippen molar-refractivity contribution < 1.29 is 9.59 Å². The highest BCUT2D eigenvalue weighted by molar-refractivity contribution is 14.1. The standard InChI is InChI=1S/C34H40IN5O2/c1-24-9-10-26(19-25(24)2)22-36-38-34(42)31-21-29(35)11-12-32(31)37-33(41)28-8-6-7-27(20-28)23-39-17-13-30(14-18-39)40-15-4-3-5-16-40/h6-12,19-22,30H,3-5,13-18,23H2,1-2H3,(H,37,41)(H,38,42). The minimum absolute atomic E-state index is 0.241. The number of hydrogen-bond acceptors (Lipinski definition) is 5. The molecule has 3 aromatic rings. The van der Waals surface area contributed by atoms with Crippen LogP contribution in [0.5, 0.6) is 0 Å². The molecule has 2 fully saturated rings. The fraction of sp³-hybridized carbons (Fsp3) is 0.382. The normalized spacial score (nSPS) is 16.9. The molecule has 2 N–H and O–H groups in total. The second-order valence-corrected chi connectivity index (χ2v) is 12.7. The summed E-state index contributed by atoms with van der Waals surface area (Å²) in [4.78, 5) is 31.6. The minimum atomic E-state index is -0.384. The average molecular weight is 678 g/mol. The Hall–Kier alpha value is -3.08. The summed E-state index contributed by atoms with van der Waals surface area (Å²) >= 11 is 2.16. The van der Waals surface area contributed by atoms with Crippen LogP contribution in [0.25, 0.3) is 0 Å². The van der Waals surface area contributed by atoms with Crippen LogP contribution in [0.1, 0.15) is 75.1 Å². The lowest BCUT2D eigenvalue weighted by Gasteiger charge is -2.40. The van der Waals surface area contributed by atoms with E-state index in [0.717, 1.165) is 45.9 Å². The van der Waals surface area contributed by atoms with Crippen LogP contribution in [0.2, 0.25) is 0 Å². The van der Waals surface area contributed by atoms with Crippen LogP contribution >= 0.6 is 22.6 Å². The fourth-order valence-corrected chi connectivity index (χ4v) is 6.36. The summed E-state index contributed by atoms with van der Waals surface area (Å²) in [6.07, 6.45) is 8.10. The van der Waals surface area contributed by atoms with Gasteiger partial charge in [-0.1, -0.05) is 36.8 Å². The van der Waals surface area contributed by atoms with Gasteiger partial charge in [0.05, 0.1) is 17.5 Å². The number of halogens is 1. The van der Waals surface area contributed by atoms with Crippen molar-refractivity contribution in [3.05, 3.63) is 97.6 Å². The molecule has 0 unspecified atom stereocenters. The zero-order valence-corrected chi connectivity index (χ0v) is 26.7. The number of hydrazone groups is 1. The SMILES string of the molecule is Cc1ccc(C=NNC(=O)c2cc(I)ccc2NC(=O)c2cccc(CN3CCC(N4CCCCC4)CC3)c2)cc1C. The molecule has 220 valence electrons. The van der Waals surface area contributed by atoms with Gasteiger partial charge in [0.2, 0.25) is 0 Å². The van der Waals surface area contributed by atoms with Gasteiger partial charge in [-0.05, 0) is 141 Å². The third kappa shape index (κ3) is 8.05. The van der Waals surface area contributed by atoms with E-state index in [-0.39, 0.29) is 11.8 Å². The molecule has 0 spiro atoms. The zero-order valence-electron chi connectivity index (χ0n) is 24.5. The summed E-state index contributed by atoms with van der Waals surface area (Å²) in [6.45, 7) is 9.62. The van der Waals surface area contributed by atoms with Crippen LogP contribution in [0.15, 0.2) is 65.8 Å². The number of nitrogens with zero attached hydrogens (tertiary/aromatic N) is 3. The molecule has 7 nitrogen and oxygen atoms in total. The molecular formula is C34H40IN5O2. The lowest BCUT2D eigenvalue weighted by atomic mass is 9.99. The van der Waals surface area contributed by atoms with Gasteiger partial charge in [-0.15, -0.1) is 0 Å². The van der Waals surface area contributed by atoms with Crippen LogP contribution in [-0.4, -0.2) is 60.0 Å². The molecule has 2 saturated heterocycles. The van der Waals surface area contributed by atoms with E-state index in [0.29, 0.717) is 16.8 Å². The number of benzene rings is 3. The molecular weight excluding hydrogens is 637 g/mol. The lowest BCUT2D eigenvalue weighted by molar-refractivity contribution is 0.0896. The maximum absolute atomic E-state index is 13.3. The first kappa shape index (κ1) is 30.4. The highest BCUT2D eigenvalue weighted by atomic mass is 127. The molecule has 42 heavy (non-hydrogen) atoms. The Morgan fingerprint density at radius 2 is 1.69 bits per heavy atom. The maximum atomic E-state index is 13.3. The number of carbonyl (C=O) groups is 2. The van der Waals surface area contributed by atoms with Crippen molar-refractivity contribution in [2.75, 3.05) is 31.5 Å². The van der Waals surface area contributed by atoms with Gasteiger partial charge in [-0.2, -0.15) is 5.10 Å². The monoisotopic (exact) mass is 677 g/mol. The van der Waals surface area contributed by atoms with Crippen molar-refractivity contribution in [3.63, 3.8) is 0 Å². The predicted molar refractivity (Wildman–Crippen MR) is 178 cm³/mol. The second-order valence-electron chi connectivity index (χ2n) is 11.5. The Balaban J connectivity index is 1.19. The molecule has 2 aliphatic rings. The molecule has 2 heterocycles. The van der Waals surface area contributed by atoms with Gasteiger partial charge < -0.3 is 10.2 Å². The zero-order chi connectivity index (χ0) is 29.5. The first-order valence-electron chi connectivity index (χ1n) is 14.9. The Labute approximate surface area is 262 Å². The molecule has 0 saturated carbocycles. The molecule has 0 aliphatic carbocycles. The topological polar surface area (TPSA) is 77.0 Å².